The lowest BCUT2D eigenvalue weighted by atomic mass is 10.3. The molecular formula is C9H12N2O4S. The topological polar surface area (TPSA) is 92.5 Å². The molecule has 0 saturated carbocycles. The van der Waals surface area contributed by atoms with Gasteiger partial charge in [0.1, 0.15) is 0 Å². The predicted molar refractivity (Wildman–Crippen MR) is 59.5 cm³/mol. The van der Waals surface area contributed by atoms with Crippen LogP contribution in [0.1, 0.15) is 18.4 Å². The Morgan fingerprint density at radius 3 is 2.94 bits per heavy atom. The highest BCUT2D eigenvalue weighted by atomic mass is 32.1. The summed E-state index contributed by atoms with van der Waals surface area (Å²) < 4.78 is 0. The lowest BCUT2D eigenvalue weighted by molar-refractivity contribution is -0.380. The van der Waals surface area contributed by atoms with Crippen molar-refractivity contribution in [2.45, 2.75) is 19.4 Å². The van der Waals surface area contributed by atoms with Gasteiger partial charge >= 0.3 is 11.0 Å². The Kier molecular flexibility index (Phi) is 4.87. The summed E-state index contributed by atoms with van der Waals surface area (Å²) >= 11 is 1.09. The molecule has 2 N–H and O–H groups in total. The number of thiophene rings is 1. The fraction of sp³-hybridized carbons (Fsp3) is 0.444. The van der Waals surface area contributed by atoms with Gasteiger partial charge < -0.3 is 10.4 Å². The van der Waals surface area contributed by atoms with Crippen LogP contribution >= 0.6 is 11.3 Å². The highest BCUT2D eigenvalue weighted by Crippen LogP contribution is 2.22. The lowest BCUT2D eigenvalue weighted by Gasteiger charge is -2.00. The van der Waals surface area contributed by atoms with E-state index in [1.807, 2.05) is 0 Å². The van der Waals surface area contributed by atoms with E-state index >= 15 is 0 Å². The smallest absolute Gasteiger partial charge is 0.324 e. The van der Waals surface area contributed by atoms with Crippen LogP contribution in [0.2, 0.25) is 0 Å². The van der Waals surface area contributed by atoms with Crippen molar-refractivity contribution in [3.8, 4) is 0 Å². The third-order valence-corrected chi connectivity index (χ3v) is 2.82. The molecule has 0 saturated heterocycles. The van der Waals surface area contributed by atoms with Crippen LogP contribution in [0, 0.1) is 10.1 Å². The molecule has 0 spiro atoms. The van der Waals surface area contributed by atoms with Crippen molar-refractivity contribution in [1.82, 2.24) is 5.32 Å². The van der Waals surface area contributed by atoms with Gasteiger partial charge in [-0.25, -0.2) is 0 Å². The van der Waals surface area contributed by atoms with Gasteiger partial charge in [-0.3, -0.25) is 14.9 Å². The molecule has 7 heteroatoms. The first kappa shape index (κ1) is 12.6. The molecule has 6 nitrogen and oxygen atoms in total. The first-order valence-corrected chi connectivity index (χ1v) is 5.62. The molecule has 0 aliphatic rings. The van der Waals surface area contributed by atoms with E-state index in [0.29, 0.717) is 19.5 Å². The van der Waals surface area contributed by atoms with Crippen molar-refractivity contribution in [3.05, 3.63) is 27.1 Å². The van der Waals surface area contributed by atoms with Crippen molar-refractivity contribution >= 4 is 22.3 Å². The van der Waals surface area contributed by atoms with E-state index in [1.165, 1.54) is 6.07 Å². The van der Waals surface area contributed by atoms with Crippen LogP contribution < -0.4 is 5.32 Å². The third kappa shape index (κ3) is 4.37. The summed E-state index contributed by atoms with van der Waals surface area (Å²) in [6.07, 6.45) is 0.693. The molecule has 1 rings (SSSR count). The zero-order chi connectivity index (χ0) is 12.0. The maximum absolute atomic E-state index is 10.4. The van der Waals surface area contributed by atoms with E-state index in [-0.39, 0.29) is 11.4 Å². The summed E-state index contributed by atoms with van der Waals surface area (Å²) in [6.45, 7) is 1.12. The summed E-state index contributed by atoms with van der Waals surface area (Å²) in [6, 6.07) is 1.52. The van der Waals surface area contributed by atoms with E-state index in [9.17, 15) is 14.9 Å². The van der Waals surface area contributed by atoms with Crippen molar-refractivity contribution in [3.63, 3.8) is 0 Å². The number of nitro groups is 1. The normalized spacial score (nSPS) is 10.2. The zero-order valence-corrected chi connectivity index (χ0v) is 9.33. The molecule has 0 bridgehead atoms. The van der Waals surface area contributed by atoms with Gasteiger partial charge in [0, 0.05) is 24.4 Å². The molecule has 0 amide bonds. The Hall–Kier alpha value is -1.47. The average molecular weight is 244 g/mol. The summed E-state index contributed by atoms with van der Waals surface area (Å²) in [5.74, 6) is -0.812. The van der Waals surface area contributed by atoms with Crippen LogP contribution in [0.25, 0.3) is 0 Å². The Morgan fingerprint density at radius 1 is 1.62 bits per heavy atom. The standard InChI is InChI=1S/C9H12N2O4S/c12-9(13)2-1-3-10-5-7-4-8(11(14)15)16-6-7/h4,6,10H,1-3,5H2,(H,12,13). The molecule has 0 atom stereocenters. The number of hydrogen-bond acceptors (Lipinski definition) is 5. The molecule has 0 unspecified atom stereocenters. The van der Waals surface area contributed by atoms with E-state index in [1.54, 1.807) is 5.38 Å². The largest absolute Gasteiger partial charge is 0.481 e. The number of aliphatic carboxylic acids is 1. The Labute approximate surface area is 96.1 Å². The predicted octanol–water partition coefficient (Wildman–Crippen LogP) is 1.61. The maximum Gasteiger partial charge on any atom is 0.324 e. The molecule has 0 fully saturated rings. The van der Waals surface area contributed by atoms with Crippen molar-refractivity contribution in [2.75, 3.05) is 6.54 Å². The van der Waals surface area contributed by atoms with E-state index in [2.05, 4.69) is 5.32 Å². The number of carboxylic acids is 1. The Morgan fingerprint density at radius 2 is 2.38 bits per heavy atom. The summed E-state index contributed by atoms with van der Waals surface area (Å²) in [4.78, 5) is 20.2. The van der Waals surface area contributed by atoms with E-state index < -0.39 is 10.9 Å². The number of carbonyl (C=O) groups is 1. The van der Waals surface area contributed by atoms with E-state index in [4.69, 9.17) is 5.11 Å². The maximum atomic E-state index is 10.4. The first-order valence-electron chi connectivity index (χ1n) is 4.74. The van der Waals surface area contributed by atoms with Gasteiger partial charge in [-0.05, 0) is 18.5 Å². The number of carboxylic acid groups (broad SMARTS) is 1. The Bertz CT molecular complexity index is 377. The van der Waals surface area contributed by atoms with Crippen molar-refractivity contribution in [1.29, 1.82) is 0 Å². The van der Waals surface area contributed by atoms with Gasteiger partial charge in [0.2, 0.25) is 0 Å². The average Bonchev–Trinajstić information content (AvgIpc) is 2.65. The molecule has 0 aromatic carbocycles. The zero-order valence-electron chi connectivity index (χ0n) is 8.51. The lowest BCUT2D eigenvalue weighted by Crippen LogP contribution is -2.15. The second-order valence-corrected chi connectivity index (χ2v) is 4.11. The Balaban J connectivity index is 2.21. The van der Waals surface area contributed by atoms with Crippen LogP contribution in [0.5, 0.6) is 0 Å². The molecule has 1 heterocycles. The molecule has 16 heavy (non-hydrogen) atoms. The number of nitrogens with one attached hydrogen (secondary N) is 1. The minimum absolute atomic E-state index is 0.127. The van der Waals surface area contributed by atoms with Gasteiger partial charge in [-0.1, -0.05) is 11.3 Å². The fourth-order valence-corrected chi connectivity index (χ4v) is 1.88. The van der Waals surface area contributed by atoms with Crippen molar-refractivity contribution in [2.24, 2.45) is 0 Å². The molecule has 1 aromatic rings. The molecule has 0 aliphatic carbocycles. The van der Waals surface area contributed by atoms with Crippen LogP contribution in [0.4, 0.5) is 5.00 Å². The number of nitrogens with zero attached hydrogens (tertiary/aromatic N) is 1. The highest BCUT2D eigenvalue weighted by Gasteiger charge is 2.08. The van der Waals surface area contributed by atoms with Crippen LogP contribution in [0.3, 0.4) is 0 Å². The summed E-state index contributed by atoms with van der Waals surface area (Å²) in [7, 11) is 0. The van der Waals surface area contributed by atoms with Crippen LogP contribution in [-0.4, -0.2) is 22.5 Å². The van der Waals surface area contributed by atoms with Gasteiger partial charge in [0.05, 0.1) is 4.92 Å². The fourth-order valence-electron chi connectivity index (χ4n) is 1.15. The highest BCUT2D eigenvalue weighted by molar-refractivity contribution is 7.13. The van der Waals surface area contributed by atoms with Gasteiger partial charge in [-0.2, -0.15) is 0 Å². The molecule has 0 aliphatic heterocycles. The number of hydrogen-bond donors (Lipinski definition) is 2. The number of rotatable bonds is 7. The van der Waals surface area contributed by atoms with Crippen molar-refractivity contribution < 1.29 is 14.8 Å². The van der Waals surface area contributed by atoms with Gasteiger partial charge in [0.25, 0.3) is 0 Å². The van der Waals surface area contributed by atoms with Gasteiger partial charge in [0.15, 0.2) is 0 Å². The van der Waals surface area contributed by atoms with Gasteiger partial charge in [-0.15, -0.1) is 0 Å². The second kappa shape index (κ2) is 6.19. The third-order valence-electron chi connectivity index (χ3n) is 1.89. The first-order chi connectivity index (χ1) is 7.59. The minimum Gasteiger partial charge on any atom is -0.481 e. The molecule has 88 valence electrons. The monoisotopic (exact) mass is 244 g/mol. The summed E-state index contributed by atoms with van der Waals surface area (Å²) in [5.41, 5.74) is 0.854. The second-order valence-electron chi connectivity index (χ2n) is 3.22. The SMILES string of the molecule is O=C(O)CCCNCc1csc([N+](=O)[O-])c1. The van der Waals surface area contributed by atoms with Crippen LogP contribution in [-0.2, 0) is 11.3 Å². The summed E-state index contributed by atoms with van der Waals surface area (Å²) in [5, 5.41) is 23.7. The van der Waals surface area contributed by atoms with Crippen LogP contribution in [0.15, 0.2) is 11.4 Å². The molecule has 1 aromatic heterocycles. The molecule has 0 radical (unpaired) electrons. The molecular weight excluding hydrogens is 232 g/mol. The minimum atomic E-state index is -0.812. The quantitative estimate of drug-likeness (QED) is 0.432. The van der Waals surface area contributed by atoms with E-state index in [0.717, 1.165) is 16.9 Å².